The summed E-state index contributed by atoms with van der Waals surface area (Å²) in [5, 5.41) is 14.5. The third-order valence-corrected chi connectivity index (χ3v) is 5.59. The molecule has 0 spiro atoms. The number of anilines is 2. The summed E-state index contributed by atoms with van der Waals surface area (Å²) in [6, 6.07) is 6.14. The van der Waals surface area contributed by atoms with Gasteiger partial charge in [0.05, 0.1) is 17.4 Å². The Kier molecular flexibility index (Phi) is 6.93. The Morgan fingerprint density at radius 2 is 2.17 bits per heavy atom. The van der Waals surface area contributed by atoms with Crippen LogP contribution in [0.4, 0.5) is 15.8 Å². The quantitative estimate of drug-likeness (QED) is 0.625. The van der Waals surface area contributed by atoms with Gasteiger partial charge in [0.25, 0.3) is 5.91 Å². The molecule has 1 aliphatic rings. The molecule has 2 aromatic rings. The lowest BCUT2D eigenvalue weighted by Gasteiger charge is -2.31. The molecule has 0 radical (unpaired) electrons. The van der Waals surface area contributed by atoms with Crippen molar-refractivity contribution < 1.29 is 9.18 Å². The smallest absolute Gasteiger partial charge is 0.253 e. The first-order valence-corrected chi connectivity index (χ1v) is 10.0. The number of hydrogen-bond donors (Lipinski definition) is 3. The van der Waals surface area contributed by atoms with Gasteiger partial charge in [-0.2, -0.15) is 0 Å². The van der Waals surface area contributed by atoms with E-state index in [1.54, 1.807) is 23.2 Å². The van der Waals surface area contributed by atoms with E-state index in [2.05, 4.69) is 22.5 Å². The molecule has 1 saturated heterocycles. The van der Waals surface area contributed by atoms with E-state index in [9.17, 15) is 9.18 Å². The van der Waals surface area contributed by atoms with Gasteiger partial charge in [-0.1, -0.05) is 6.92 Å². The van der Waals surface area contributed by atoms with Crippen LogP contribution in [0, 0.1) is 17.1 Å². The van der Waals surface area contributed by atoms with Crippen LogP contribution in [-0.4, -0.2) is 43.3 Å². The zero-order valence-corrected chi connectivity index (χ0v) is 16.9. The van der Waals surface area contributed by atoms with Gasteiger partial charge in [0.1, 0.15) is 5.82 Å². The van der Waals surface area contributed by atoms with Crippen molar-refractivity contribution in [2.75, 3.05) is 25.0 Å². The molecule has 3 rings (SSSR count). The Labute approximate surface area is 171 Å². The lowest BCUT2D eigenvalue weighted by molar-refractivity contribution is 0.0914. The number of hydrogen-bond acceptors (Lipinski definition) is 5. The van der Waals surface area contributed by atoms with E-state index in [0.29, 0.717) is 22.7 Å². The number of nitrogens with zero attached hydrogens (tertiary/aromatic N) is 2. The second kappa shape index (κ2) is 9.60. The number of benzene rings is 1. The number of pyridine rings is 1. The van der Waals surface area contributed by atoms with Crippen LogP contribution in [-0.2, 0) is 0 Å². The van der Waals surface area contributed by atoms with Crippen molar-refractivity contribution in [3.8, 4) is 0 Å². The summed E-state index contributed by atoms with van der Waals surface area (Å²) in [6.45, 7) is 4.01. The van der Waals surface area contributed by atoms with Crippen LogP contribution >= 0.6 is 0 Å². The first-order valence-electron chi connectivity index (χ1n) is 10.0. The summed E-state index contributed by atoms with van der Waals surface area (Å²) in [6.07, 6.45) is 7.35. The highest BCUT2D eigenvalue weighted by atomic mass is 19.1. The third-order valence-electron chi connectivity index (χ3n) is 5.59. The van der Waals surface area contributed by atoms with Gasteiger partial charge in [0, 0.05) is 36.8 Å². The third kappa shape index (κ3) is 4.79. The Balaban J connectivity index is 1.85. The van der Waals surface area contributed by atoms with Crippen LogP contribution < -0.4 is 15.5 Å². The molecule has 3 N–H and O–H groups in total. The lowest BCUT2D eigenvalue weighted by atomic mass is 9.90. The van der Waals surface area contributed by atoms with E-state index in [4.69, 9.17) is 5.41 Å². The van der Waals surface area contributed by atoms with Crippen molar-refractivity contribution in [2.24, 2.45) is 5.92 Å². The molecule has 2 atom stereocenters. The van der Waals surface area contributed by atoms with Crippen LogP contribution in [0.15, 0.2) is 36.7 Å². The number of aromatic nitrogens is 1. The van der Waals surface area contributed by atoms with Crippen LogP contribution in [0.3, 0.4) is 0 Å². The highest BCUT2D eigenvalue weighted by molar-refractivity contribution is 6.05. The Morgan fingerprint density at radius 1 is 1.41 bits per heavy atom. The number of carbonyl (C=O) groups excluding carboxylic acids is 1. The van der Waals surface area contributed by atoms with Crippen LogP contribution in [0.2, 0.25) is 0 Å². The fourth-order valence-electron chi connectivity index (χ4n) is 3.88. The lowest BCUT2D eigenvalue weighted by Crippen LogP contribution is -2.46. The van der Waals surface area contributed by atoms with Crippen molar-refractivity contribution in [1.82, 2.24) is 15.6 Å². The van der Waals surface area contributed by atoms with Crippen molar-refractivity contribution in [3.63, 3.8) is 0 Å². The van der Waals surface area contributed by atoms with Gasteiger partial charge in [-0.05, 0) is 62.5 Å². The summed E-state index contributed by atoms with van der Waals surface area (Å²) in [4.78, 5) is 19.1. The first kappa shape index (κ1) is 20.9. The van der Waals surface area contributed by atoms with Crippen LogP contribution in [0.5, 0.6) is 0 Å². The predicted molar refractivity (Wildman–Crippen MR) is 114 cm³/mol. The fraction of sp³-hybridized carbons (Fsp3) is 0.409. The van der Waals surface area contributed by atoms with E-state index in [0.717, 1.165) is 38.0 Å². The minimum atomic E-state index is -0.316. The topological polar surface area (TPSA) is 81.1 Å². The van der Waals surface area contributed by atoms with E-state index in [-0.39, 0.29) is 17.8 Å². The molecule has 0 saturated carbocycles. The van der Waals surface area contributed by atoms with Gasteiger partial charge in [-0.15, -0.1) is 0 Å². The Morgan fingerprint density at radius 3 is 2.79 bits per heavy atom. The molecular weight excluding hydrogens is 369 g/mol. The number of rotatable bonds is 7. The summed E-state index contributed by atoms with van der Waals surface area (Å²) in [5.74, 6) is -0.134. The standard InChI is InChI=1S/C22H28FN5O/c1-3-20(15-5-4-10-25-12-15)27-22(29)19-13-26-14-21(18(19)11-24)28(2)17-8-6-16(23)7-9-17/h6-9,11,13-15,20,24-25H,3-5,10,12H2,1-2H3,(H,27,29). The largest absolute Gasteiger partial charge is 0.349 e. The minimum absolute atomic E-state index is 0.0763. The zero-order valence-electron chi connectivity index (χ0n) is 16.9. The maximum absolute atomic E-state index is 13.3. The second-order valence-corrected chi connectivity index (χ2v) is 7.39. The van der Waals surface area contributed by atoms with Gasteiger partial charge in [-0.3, -0.25) is 9.78 Å². The average Bonchev–Trinajstić information content (AvgIpc) is 2.77. The zero-order chi connectivity index (χ0) is 20.8. The molecule has 2 unspecified atom stereocenters. The molecule has 29 heavy (non-hydrogen) atoms. The minimum Gasteiger partial charge on any atom is -0.349 e. The molecule has 1 aromatic carbocycles. The van der Waals surface area contributed by atoms with Gasteiger partial charge in [0.15, 0.2) is 0 Å². The van der Waals surface area contributed by atoms with Gasteiger partial charge in [-0.25, -0.2) is 4.39 Å². The van der Waals surface area contributed by atoms with Crippen molar-refractivity contribution in [3.05, 3.63) is 53.6 Å². The van der Waals surface area contributed by atoms with Crippen molar-refractivity contribution in [1.29, 1.82) is 5.41 Å². The molecule has 0 bridgehead atoms. The Bertz CT molecular complexity index is 849. The van der Waals surface area contributed by atoms with Crippen LogP contribution in [0.25, 0.3) is 0 Å². The normalized spacial score (nSPS) is 17.4. The van der Waals surface area contributed by atoms with E-state index < -0.39 is 0 Å². The van der Waals surface area contributed by atoms with Crippen molar-refractivity contribution >= 4 is 23.5 Å². The first-order chi connectivity index (χ1) is 14.0. The second-order valence-electron chi connectivity index (χ2n) is 7.39. The summed E-state index contributed by atoms with van der Waals surface area (Å²) in [7, 11) is 1.81. The highest BCUT2D eigenvalue weighted by Crippen LogP contribution is 2.28. The predicted octanol–water partition coefficient (Wildman–Crippen LogP) is 3.49. The molecule has 154 valence electrons. The molecule has 0 aliphatic carbocycles. The van der Waals surface area contributed by atoms with Gasteiger partial charge < -0.3 is 20.9 Å². The molecule has 7 heteroatoms. The molecule has 2 heterocycles. The van der Waals surface area contributed by atoms with Gasteiger partial charge >= 0.3 is 0 Å². The van der Waals surface area contributed by atoms with Crippen molar-refractivity contribution in [2.45, 2.75) is 32.2 Å². The number of amides is 1. The molecule has 1 fully saturated rings. The maximum atomic E-state index is 13.3. The maximum Gasteiger partial charge on any atom is 0.253 e. The Hall–Kier alpha value is -2.80. The van der Waals surface area contributed by atoms with E-state index in [1.807, 2.05) is 7.05 Å². The molecule has 1 aliphatic heterocycles. The molecule has 1 aromatic heterocycles. The van der Waals surface area contributed by atoms with Crippen LogP contribution in [0.1, 0.15) is 42.1 Å². The number of nitrogens with one attached hydrogen (secondary N) is 3. The summed E-state index contributed by atoms with van der Waals surface area (Å²) >= 11 is 0. The molecule has 1 amide bonds. The number of piperidine rings is 1. The van der Waals surface area contributed by atoms with Gasteiger partial charge in [0.2, 0.25) is 0 Å². The monoisotopic (exact) mass is 397 g/mol. The molecular formula is C22H28FN5O. The number of carbonyl (C=O) groups is 1. The number of halogens is 1. The average molecular weight is 397 g/mol. The summed E-state index contributed by atoms with van der Waals surface area (Å²) in [5.41, 5.74) is 2.22. The highest BCUT2D eigenvalue weighted by Gasteiger charge is 2.25. The molecule has 6 nitrogen and oxygen atoms in total. The van der Waals surface area contributed by atoms with E-state index in [1.165, 1.54) is 24.5 Å². The fourth-order valence-corrected chi connectivity index (χ4v) is 3.88. The SMILES string of the molecule is CCC(NC(=O)c1cncc(N(C)c2ccc(F)cc2)c1C=N)C1CCCNC1. The summed E-state index contributed by atoms with van der Waals surface area (Å²) < 4.78 is 13.3. The van der Waals surface area contributed by atoms with E-state index >= 15 is 0 Å².